The van der Waals surface area contributed by atoms with Crippen LogP contribution in [-0.2, 0) is 0 Å². The monoisotopic (exact) mass is 655 g/mol. The molecule has 3 aromatic heterocycles. The maximum absolute atomic E-state index is 5.13. The summed E-state index contributed by atoms with van der Waals surface area (Å²) in [4.78, 5) is 10.2. The van der Waals surface area contributed by atoms with Crippen LogP contribution in [0.3, 0.4) is 0 Å². The average Bonchev–Trinajstić information content (AvgIpc) is 3.74. The minimum absolute atomic E-state index is 0.748. The van der Waals surface area contributed by atoms with E-state index < -0.39 is 0 Å². The fourth-order valence-electron chi connectivity index (χ4n) is 7.27. The highest BCUT2D eigenvalue weighted by Crippen LogP contribution is 2.42. The first-order valence-corrected chi connectivity index (χ1v) is 17.7. The predicted molar refractivity (Wildman–Crippen MR) is 211 cm³/mol. The topological polar surface area (TPSA) is 30.7 Å². The number of rotatable bonds is 5. The molecule has 3 nitrogen and oxygen atoms in total. The van der Waals surface area contributed by atoms with E-state index in [1.54, 1.807) is 11.3 Å². The van der Waals surface area contributed by atoms with Crippen molar-refractivity contribution in [1.29, 1.82) is 0 Å². The number of fused-ring (bicyclic) bond motifs is 6. The third-order valence-electron chi connectivity index (χ3n) is 9.63. The van der Waals surface area contributed by atoms with Gasteiger partial charge in [0.1, 0.15) is 0 Å². The summed E-state index contributed by atoms with van der Waals surface area (Å²) in [6, 6.07) is 62.5. The second-order valence-corrected chi connectivity index (χ2v) is 13.6. The van der Waals surface area contributed by atoms with Crippen LogP contribution in [0.5, 0.6) is 0 Å². The lowest BCUT2D eigenvalue weighted by molar-refractivity contribution is 1.18. The molecule has 0 spiro atoms. The molecule has 0 atom stereocenters. The summed E-state index contributed by atoms with van der Waals surface area (Å²) >= 11 is 1.77. The van der Waals surface area contributed by atoms with Gasteiger partial charge in [0, 0.05) is 43.2 Å². The number of thiophene rings is 1. The van der Waals surface area contributed by atoms with Crippen molar-refractivity contribution in [2.24, 2.45) is 0 Å². The van der Waals surface area contributed by atoms with E-state index in [1.165, 1.54) is 48.8 Å². The zero-order chi connectivity index (χ0) is 33.0. The zero-order valence-corrected chi connectivity index (χ0v) is 27.8. The molecular weight excluding hydrogens is 627 g/mol. The van der Waals surface area contributed by atoms with E-state index in [0.29, 0.717) is 0 Å². The van der Waals surface area contributed by atoms with Crippen LogP contribution < -0.4 is 0 Å². The predicted octanol–water partition coefficient (Wildman–Crippen LogP) is 12.6. The van der Waals surface area contributed by atoms with Crippen LogP contribution in [0.4, 0.5) is 0 Å². The van der Waals surface area contributed by atoms with E-state index in [4.69, 9.17) is 9.97 Å². The van der Waals surface area contributed by atoms with Crippen molar-refractivity contribution in [3.63, 3.8) is 0 Å². The molecule has 0 fully saturated rings. The van der Waals surface area contributed by atoms with E-state index in [1.807, 2.05) is 24.3 Å². The SMILES string of the molecule is c1ccc(-c2nc(-c3ccccc3)c3sc4cc(-c5ccc(-c6cccc7c8ccccc8n(-c8ccccc8)c67)cc5)ccc4c3n2)cc1. The maximum atomic E-state index is 5.13. The summed E-state index contributed by atoms with van der Waals surface area (Å²) in [6.07, 6.45) is 0. The Kier molecular flexibility index (Phi) is 6.68. The van der Waals surface area contributed by atoms with Crippen molar-refractivity contribution in [2.75, 3.05) is 0 Å². The molecule has 0 aliphatic rings. The van der Waals surface area contributed by atoms with Crippen LogP contribution in [0.15, 0.2) is 176 Å². The number of aromatic nitrogens is 3. The molecule has 0 aliphatic heterocycles. The first-order valence-electron chi connectivity index (χ1n) is 16.8. The molecule has 4 heteroatoms. The Morgan fingerprint density at radius 3 is 1.86 bits per heavy atom. The van der Waals surface area contributed by atoms with Crippen molar-refractivity contribution in [3.8, 4) is 50.6 Å². The molecule has 0 saturated carbocycles. The first kappa shape index (κ1) is 28.6. The zero-order valence-electron chi connectivity index (χ0n) is 27.0. The summed E-state index contributed by atoms with van der Waals surface area (Å²) < 4.78 is 4.72. The minimum Gasteiger partial charge on any atom is -0.309 e. The third-order valence-corrected chi connectivity index (χ3v) is 10.8. The van der Waals surface area contributed by atoms with Crippen molar-refractivity contribution >= 4 is 53.4 Å². The van der Waals surface area contributed by atoms with Crippen LogP contribution in [0.25, 0.3) is 92.7 Å². The van der Waals surface area contributed by atoms with Gasteiger partial charge in [0.15, 0.2) is 5.82 Å². The van der Waals surface area contributed by atoms with Gasteiger partial charge in [-0.05, 0) is 41.0 Å². The van der Waals surface area contributed by atoms with Gasteiger partial charge < -0.3 is 4.57 Å². The van der Waals surface area contributed by atoms with Crippen molar-refractivity contribution in [2.45, 2.75) is 0 Å². The van der Waals surface area contributed by atoms with Gasteiger partial charge in [-0.25, -0.2) is 9.97 Å². The quantitative estimate of drug-likeness (QED) is 0.185. The highest BCUT2D eigenvalue weighted by molar-refractivity contribution is 7.26. The summed E-state index contributed by atoms with van der Waals surface area (Å²) in [5.41, 5.74) is 12.5. The normalized spacial score (nSPS) is 11.6. The Morgan fingerprint density at radius 1 is 0.440 bits per heavy atom. The molecule has 0 saturated heterocycles. The molecule has 0 N–H and O–H groups in total. The van der Waals surface area contributed by atoms with Crippen LogP contribution in [0.1, 0.15) is 0 Å². The number of benzene rings is 7. The van der Waals surface area contributed by atoms with Crippen LogP contribution in [0, 0.1) is 0 Å². The second-order valence-electron chi connectivity index (χ2n) is 12.6. The first-order chi connectivity index (χ1) is 24.8. The van der Waals surface area contributed by atoms with Crippen molar-refractivity contribution in [1.82, 2.24) is 14.5 Å². The molecular formula is C46H29N3S. The van der Waals surface area contributed by atoms with Gasteiger partial charge in [-0.15, -0.1) is 11.3 Å². The van der Waals surface area contributed by atoms with E-state index in [0.717, 1.165) is 43.9 Å². The molecule has 0 aliphatic carbocycles. The lowest BCUT2D eigenvalue weighted by atomic mass is 9.98. The standard InChI is InChI=1S/C46H29N3S/c1-4-13-32(14-5-1)42-45-43(48-46(47-42)33-15-6-2-7-16-33)39-28-27-34(29-41(39)50-45)30-23-25-31(26-24-30)36-20-12-21-38-37-19-10-11-22-40(37)49(44(36)38)35-17-8-3-9-18-35/h1-29H. The van der Waals surface area contributed by atoms with Crippen molar-refractivity contribution < 1.29 is 0 Å². The van der Waals surface area contributed by atoms with E-state index in [-0.39, 0.29) is 0 Å². The van der Waals surface area contributed by atoms with Gasteiger partial charge >= 0.3 is 0 Å². The van der Waals surface area contributed by atoms with E-state index >= 15 is 0 Å². The number of nitrogens with zero attached hydrogens (tertiary/aromatic N) is 3. The lowest BCUT2D eigenvalue weighted by Gasteiger charge is -2.12. The Balaban J connectivity index is 1.09. The Bertz CT molecular complexity index is 2840. The van der Waals surface area contributed by atoms with Crippen LogP contribution in [-0.4, -0.2) is 14.5 Å². The van der Waals surface area contributed by atoms with Gasteiger partial charge in [-0.1, -0.05) is 152 Å². The van der Waals surface area contributed by atoms with E-state index in [9.17, 15) is 0 Å². The maximum Gasteiger partial charge on any atom is 0.160 e. The van der Waals surface area contributed by atoms with Gasteiger partial charge in [-0.2, -0.15) is 0 Å². The fraction of sp³-hybridized carbons (Fsp3) is 0. The van der Waals surface area contributed by atoms with Gasteiger partial charge in [0.05, 0.1) is 26.9 Å². The number of hydrogen-bond acceptors (Lipinski definition) is 3. The molecule has 0 amide bonds. The second kappa shape index (κ2) is 11.7. The van der Waals surface area contributed by atoms with Crippen LogP contribution >= 0.6 is 11.3 Å². The summed E-state index contributed by atoms with van der Waals surface area (Å²) in [7, 11) is 0. The van der Waals surface area contributed by atoms with E-state index in [2.05, 4.69) is 156 Å². The Hall–Kier alpha value is -6.36. The summed E-state index contributed by atoms with van der Waals surface area (Å²) in [5, 5.41) is 3.68. The molecule has 7 aromatic carbocycles. The summed E-state index contributed by atoms with van der Waals surface area (Å²) in [5.74, 6) is 0.748. The third kappa shape index (κ3) is 4.65. The highest BCUT2D eigenvalue weighted by Gasteiger charge is 2.18. The minimum atomic E-state index is 0.748. The smallest absolute Gasteiger partial charge is 0.160 e. The molecule has 10 rings (SSSR count). The largest absolute Gasteiger partial charge is 0.309 e. The highest BCUT2D eigenvalue weighted by atomic mass is 32.1. The fourth-order valence-corrected chi connectivity index (χ4v) is 8.46. The molecule has 50 heavy (non-hydrogen) atoms. The van der Waals surface area contributed by atoms with Crippen molar-refractivity contribution in [3.05, 3.63) is 176 Å². The Morgan fingerprint density at radius 2 is 1.08 bits per heavy atom. The molecule has 0 unspecified atom stereocenters. The Labute approximate surface area is 293 Å². The molecule has 10 aromatic rings. The van der Waals surface area contributed by atoms with Crippen LogP contribution in [0.2, 0.25) is 0 Å². The van der Waals surface area contributed by atoms with Gasteiger partial charge in [-0.3, -0.25) is 0 Å². The molecule has 0 bridgehead atoms. The van der Waals surface area contributed by atoms with Gasteiger partial charge in [0.25, 0.3) is 0 Å². The number of hydrogen-bond donors (Lipinski definition) is 0. The molecule has 0 radical (unpaired) electrons. The average molecular weight is 656 g/mol. The lowest BCUT2D eigenvalue weighted by Crippen LogP contribution is -1.95. The number of para-hydroxylation sites is 3. The molecule has 234 valence electrons. The summed E-state index contributed by atoms with van der Waals surface area (Å²) in [6.45, 7) is 0. The molecule has 3 heterocycles. The van der Waals surface area contributed by atoms with Gasteiger partial charge in [0.2, 0.25) is 0 Å².